The number of nitrogens with two attached hydrogens (primary N) is 1. The summed E-state index contributed by atoms with van der Waals surface area (Å²) in [6.45, 7) is 3.55. The zero-order valence-electron chi connectivity index (χ0n) is 8.03. The van der Waals surface area contributed by atoms with Crippen LogP contribution < -0.4 is 11.1 Å². The predicted molar refractivity (Wildman–Crippen MR) is 62.6 cm³/mol. The van der Waals surface area contributed by atoms with E-state index in [1.807, 2.05) is 5.38 Å². The number of nitrogens with one attached hydrogen (secondary N) is 1. The number of thiocarbonyl (C=S) groups is 1. The van der Waals surface area contributed by atoms with Gasteiger partial charge < -0.3 is 11.1 Å². The van der Waals surface area contributed by atoms with E-state index in [2.05, 4.69) is 5.32 Å². The number of carbonyl (C=O) groups excluding carboxylic acids is 1. The fourth-order valence-electron chi connectivity index (χ4n) is 0.811. The van der Waals surface area contributed by atoms with Gasteiger partial charge in [-0.05, 0) is 25.3 Å². The predicted octanol–water partition coefficient (Wildman–Crippen LogP) is 1.54. The van der Waals surface area contributed by atoms with Gasteiger partial charge in [-0.2, -0.15) is 11.3 Å². The van der Waals surface area contributed by atoms with Crippen LogP contribution in [0.4, 0.5) is 0 Å². The Morgan fingerprint density at radius 3 is 2.71 bits per heavy atom. The molecule has 0 saturated carbocycles. The topological polar surface area (TPSA) is 55.1 Å². The number of carbonyl (C=O) groups is 1. The summed E-state index contributed by atoms with van der Waals surface area (Å²) in [7, 11) is 0. The van der Waals surface area contributed by atoms with Gasteiger partial charge in [-0.1, -0.05) is 12.2 Å². The van der Waals surface area contributed by atoms with E-state index in [-0.39, 0.29) is 10.9 Å². The molecule has 0 atom stereocenters. The minimum absolute atomic E-state index is 0.149. The van der Waals surface area contributed by atoms with Crippen LogP contribution in [-0.2, 0) is 0 Å². The van der Waals surface area contributed by atoms with Crippen molar-refractivity contribution in [3.8, 4) is 0 Å². The maximum absolute atomic E-state index is 11.6. The molecule has 5 heteroatoms. The molecule has 3 N–H and O–H groups in total. The summed E-state index contributed by atoms with van der Waals surface area (Å²) in [5.41, 5.74) is 5.49. The van der Waals surface area contributed by atoms with Gasteiger partial charge in [0.1, 0.15) is 0 Å². The molecule has 0 unspecified atom stereocenters. The molecule has 0 saturated heterocycles. The van der Waals surface area contributed by atoms with Gasteiger partial charge in [0.15, 0.2) is 0 Å². The van der Waals surface area contributed by atoms with Crippen molar-refractivity contribution < 1.29 is 4.79 Å². The lowest BCUT2D eigenvalue weighted by molar-refractivity contribution is 0.0932. The lowest BCUT2D eigenvalue weighted by Gasteiger charge is -2.24. The standard InChI is InChI=1S/C9H12N2OS2/c1-9(2,8(10)13)11-7(12)6-3-4-14-5-6/h3-5H,1-2H3,(H2,10,13)(H,11,12). The van der Waals surface area contributed by atoms with Gasteiger partial charge in [-0.3, -0.25) is 4.79 Å². The summed E-state index contributed by atoms with van der Waals surface area (Å²) in [5, 5.41) is 6.39. The van der Waals surface area contributed by atoms with Crippen LogP contribution in [0.5, 0.6) is 0 Å². The lowest BCUT2D eigenvalue weighted by Crippen LogP contribution is -2.52. The fourth-order valence-corrected chi connectivity index (χ4v) is 1.50. The molecule has 3 nitrogen and oxygen atoms in total. The summed E-state index contributed by atoms with van der Waals surface area (Å²) >= 11 is 6.32. The minimum atomic E-state index is -0.644. The Bertz CT molecular complexity index is 344. The van der Waals surface area contributed by atoms with Crippen molar-refractivity contribution in [3.63, 3.8) is 0 Å². The van der Waals surface area contributed by atoms with Gasteiger partial charge >= 0.3 is 0 Å². The lowest BCUT2D eigenvalue weighted by atomic mass is 10.1. The molecule has 14 heavy (non-hydrogen) atoms. The highest BCUT2D eigenvalue weighted by molar-refractivity contribution is 7.80. The summed E-state index contributed by atoms with van der Waals surface area (Å²) < 4.78 is 0. The van der Waals surface area contributed by atoms with Crippen LogP contribution in [0.25, 0.3) is 0 Å². The van der Waals surface area contributed by atoms with Crippen molar-refractivity contribution in [1.82, 2.24) is 5.32 Å². The average Bonchev–Trinajstić information content (AvgIpc) is 2.54. The molecule has 0 aliphatic carbocycles. The van der Waals surface area contributed by atoms with Crippen molar-refractivity contribution in [2.75, 3.05) is 0 Å². The molecule has 0 aromatic carbocycles. The minimum Gasteiger partial charge on any atom is -0.391 e. The largest absolute Gasteiger partial charge is 0.391 e. The Kier molecular flexibility index (Phi) is 3.23. The number of hydrogen-bond donors (Lipinski definition) is 2. The maximum Gasteiger partial charge on any atom is 0.252 e. The van der Waals surface area contributed by atoms with E-state index < -0.39 is 5.54 Å². The number of hydrogen-bond acceptors (Lipinski definition) is 3. The zero-order chi connectivity index (χ0) is 10.8. The Balaban J connectivity index is 2.71. The summed E-state index contributed by atoms with van der Waals surface area (Å²) in [6, 6.07) is 1.76. The molecule has 0 radical (unpaired) electrons. The molecule has 0 aliphatic heterocycles. The number of amides is 1. The van der Waals surface area contributed by atoms with Gasteiger partial charge in [0.2, 0.25) is 0 Å². The molecule has 0 fully saturated rings. The number of thiophene rings is 1. The normalized spacial score (nSPS) is 11.0. The number of rotatable bonds is 3. The molecule has 1 rings (SSSR count). The van der Waals surface area contributed by atoms with E-state index in [0.717, 1.165) is 0 Å². The SMILES string of the molecule is CC(C)(NC(=O)c1ccsc1)C(N)=S. The average molecular weight is 228 g/mol. The Morgan fingerprint density at radius 1 is 1.64 bits per heavy atom. The van der Waals surface area contributed by atoms with Crippen LogP contribution in [0.2, 0.25) is 0 Å². The first-order valence-electron chi connectivity index (χ1n) is 4.08. The molecular weight excluding hydrogens is 216 g/mol. The second-order valence-corrected chi connectivity index (χ2v) is 4.68. The molecule has 76 valence electrons. The molecule has 0 spiro atoms. The summed E-state index contributed by atoms with van der Waals surface area (Å²) in [6.07, 6.45) is 0. The first-order chi connectivity index (χ1) is 6.43. The van der Waals surface area contributed by atoms with Crippen LogP contribution >= 0.6 is 23.6 Å². The van der Waals surface area contributed by atoms with Crippen LogP contribution in [0.15, 0.2) is 16.8 Å². The maximum atomic E-state index is 11.6. The van der Waals surface area contributed by atoms with Crippen molar-refractivity contribution in [3.05, 3.63) is 22.4 Å². The van der Waals surface area contributed by atoms with E-state index in [0.29, 0.717) is 5.56 Å². The van der Waals surface area contributed by atoms with Crippen LogP contribution in [-0.4, -0.2) is 16.4 Å². The molecule has 1 aromatic rings. The van der Waals surface area contributed by atoms with E-state index in [1.54, 1.807) is 25.3 Å². The van der Waals surface area contributed by atoms with Crippen molar-refractivity contribution in [2.45, 2.75) is 19.4 Å². The monoisotopic (exact) mass is 228 g/mol. The Hall–Kier alpha value is -0.940. The van der Waals surface area contributed by atoms with E-state index in [1.165, 1.54) is 11.3 Å². The molecule has 1 heterocycles. The second kappa shape index (κ2) is 4.06. The first-order valence-corrected chi connectivity index (χ1v) is 5.43. The smallest absolute Gasteiger partial charge is 0.252 e. The quantitative estimate of drug-likeness (QED) is 0.772. The molecular formula is C9H12N2OS2. The Morgan fingerprint density at radius 2 is 2.29 bits per heavy atom. The summed E-state index contributed by atoms with van der Waals surface area (Å²) in [5.74, 6) is -0.149. The first kappa shape index (κ1) is 11.1. The molecule has 0 bridgehead atoms. The van der Waals surface area contributed by atoms with E-state index in [9.17, 15) is 4.79 Å². The van der Waals surface area contributed by atoms with Crippen LogP contribution in [0, 0.1) is 0 Å². The molecule has 0 aliphatic rings. The Labute approximate surface area is 92.3 Å². The second-order valence-electron chi connectivity index (χ2n) is 3.46. The highest BCUT2D eigenvalue weighted by Crippen LogP contribution is 2.09. The van der Waals surface area contributed by atoms with Gasteiger partial charge in [-0.25, -0.2) is 0 Å². The van der Waals surface area contributed by atoms with Gasteiger partial charge in [-0.15, -0.1) is 0 Å². The van der Waals surface area contributed by atoms with Gasteiger partial charge in [0.25, 0.3) is 5.91 Å². The highest BCUT2D eigenvalue weighted by Gasteiger charge is 2.24. The van der Waals surface area contributed by atoms with Crippen molar-refractivity contribution in [1.29, 1.82) is 0 Å². The fraction of sp³-hybridized carbons (Fsp3) is 0.333. The van der Waals surface area contributed by atoms with Gasteiger partial charge in [0.05, 0.1) is 16.1 Å². The van der Waals surface area contributed by atoms with Crippen molar-refractivity contribution >= 4 is 34.5 Å². The molecule has 1 amide bonds. The third kappa shape index (κ3) is 2.52. The van der Waals surface area contributed by atoms with E-state index >= 15 is 0 Å². The third-order valence-corrected chi connectivity index (χ3v) is 3.02. The zero-order valence-corrected chi connectivity index (χ0v) is 9.67. The van der Waals surface area contributed by atoms with E-state index in [4.69, 9.17) is 18.0 Å². The third-order valence-electron chi connectivity index (χ3n) is 1.83. The summed E-state index contributed by atoms with van der Waals surface area (Å²) in [4.78, 5) is 11.9. The van der Waals surface area contributed by atoms with Crippen LogP contribution in [0.1, 0.15) is 24.2 Å². The van der Waals surface area contributed by atoms with Crippen LogP contribution in [0.3, 0.4) is 0 Å². The molecule has 1 aromatic heterocycles. The van der Waals surface area contributed by atoms with Crippen molar-refractivity contribution in [2.24, 2.45) is 5.73 Å². The highest BCUT2D eigenvalue weighted by atomic mass is 32.1. The van der Waals surface area contributed by atoms with Gasteiger partial charge in [0, 0.05) is 5.38 Å².